The lowest BCUT2D eigenvalue weighted by Crippen LogP contribution is -2.35. The van der Waals surface area contributed by atoms with Crippen molar-refractivity contribution in [2.24, 2.45) is 5.92 Å². The number of nitrogens with one attached hydrogen (secondary N) is 1. The molecular formula is C14H23N3O3. The molecule has 2 heterocycles. The summed E-state index contributed by atoms with van der Waals surface area (Å²) in [6.45, 7) is 2.82. The molecule has 1 saturated heterocycles. The van der Waals surface area contributed by atoms with Gasteiger partial charge in [0, 0.05) is 13.7 Å². The number of hydrogen-bond donors (Lipinski definition) is 2. The second-order valence-corrected chi connectivity index (χ2v) is 6.21. The SMILES string of the molecule is COC1(c2noc([C@@H]3C[C@H](O)CN3)n2)CCCC(C)C1. The normalized spacial score (nSPS) is 38.2. The first-order valence-corrected chi connectivity index (χ1v) is 7.43. The molecule has 2 aliphatic rings. The summed E-state index contributed by atoms with van der Waals surface area (Å²) >= 11 is 0. The van der Waals surface area contributed by atoms with Crippen LogP contribution < -0.4 is 5.32 Å². The summed E-state index contributed by atoms with van der Waals surface area (Å²) in [4.78, 5) is 4.55. The van der Waals surface area contributed by atoms with Crippen LogP contribution in [0.5, 0.6) is 0 Å². The molecule has 0 radical (unpaired) electrons. The lowest BCUT2D eigenvalue weighted by Gasteiger charge is -2.36. The highest BCUT2D eigenvalue weighted by Crippen LogP contribution is 2.41. The van der Waals surface area contributed by atoms with Gasteiger partial charge in [-0.25, -0.2) is 0 Å². The average Bonchev–Trinajstić information content (AvgIpc) is 3.07. The topological polar surface area (TPSA) is 80.4 Å². The first kappa shape index (κ1) is 14.0. The van der Waals surface area contributed by atoms with Crippen LogP contribution in [0.2, 0.25) is 0 Å². The Morgan fingerprint density at radius 1 is 1.50 bits per heavy atom. The number of aliphatic hydroxyl groups excluding tert-OH is 1. The minimum absolute atomic E-state index is 0.0406. The second kappa shape index (κ2) is 5.42. The molecular weight excluding hydrogens is 258 g/mol. The average molecular weight is 281 g/mol. The summed E-state index contributed by atoms with van der Waals surface area (Å²) in [6, 6.07) is -0.0406. The first-order chi connectivity index (χ1) is 9.63. The quantitative estimate of drug-likeness (QED) is 0.874. The van der Waals surface area contributed by atoms with Gasteiger partial charge in [-0.05, 0) is 31.6 Å². The molecule has 1 aliphatic heterocycles. The maximum absolute atomic E-state index is 9.57. The van der Waals surface area contributed by atoms with Crippen molar-refractivity contribution >= 4 is 0 Å². The summed E-state index contributed by atoms with van der Waals surface area (Å²) in [6.07, 6.45) is 4.52. The van der Waals surface area contributed by atoms with Gasteiger partial charge in [0.25, 0.3) is 0 Å². The van der Waals surface area contributed by atoms with Gasteiger partial charge < -0.3 is 19.7 Å². The minimum Gasteiger partial charge on any atom is -0.392 e. The molecule has 1 aromatic rings. The van der Waals surface area contributed by atoms with E-state index < -0.39 is 5.60 Å². The molecule has 0 bridgehead atoms. The zero-order valence-corrected chi connectivity index (χ0v) is 12.1. The van der Waals surface area contributed by atoms with Gasteiger partial charge in [-0.3, -0.25) is 0 Å². The Morgan fingerprint density at radius 2 is 2.35 bits per heavy atom. The Morgan fingerprint density at radius 3 is 3.00 bits per heavy atom. The summed E-state index contributed by atoms with van der Waals surface area (Å²) in [5.74, 6) is 1.83. The molecule has 3 rings (SSSR count). The molecule has 1 saturated carbocycles. The Kier molecular flexibility index (Phi) is 3.79. The number of nitrogens with zero attached hydrogens (tertiary/aromatic N) is 2. The van der Waals surface area contributed by atoms with Crippen LogP contribution >= 0.6 is 0 Å². The van der Waals surface area contributed by atoms with Gasteiger partial charge >= 0.3 is 0 Å². The molecule has 112 valence electrons. The standard InChI is InChI=1S/C14H23N3O3/c1-9-4-3-5-14(7-9,19-2)13-16-12(20-17-13)11-6-10(18)8-15-11/h9-11,15,18H,3-8H2,1-2H3/t9?,10-,11-,14?/m0/s1. The molecule has 2 unspecified atom stereocenters. The third kappa shape index (κ3) is 2.47. The molecule has 0 aromatic carbocycles. The molecule has 1 aromatic heterocycles. The van der Waals surface area contributed by atoms with E-state index in [0.717, 1.165) is 19.3 Å². The molecule has 2 N–H and O–H groups in total. The Bertz CT molecular complexity index is 464. The third-order valence-corrected chi connectivity index (χ3v) is 4.60. The third-order valence-electron chi connectivity index (χ3n) is 4.60. The van der Waals surface area contributed by atoms with E-state index in [4.69, 9.17) is 9.26 Å². The van der Waals surface area contributed by atoms with Gasteiger partial charge in [-0.15, -0.1) is 0 Å². The van der Waals surface area contributed by atoms with Crippen LogP contribution in [0.4, 0.5) is 0 Å². The van der Waals surface area contributed by atoms with Crippen molar-refractivity contribution in [1.82, 2.24) is 15.5 Å². The van der Waals surface area contributed by atoms with Crippen molar-refractivity contribution in [2.45, 2.75) is 56.8 Å². The molecule has 2 fully saturated rings. The van der Waals surface area contributed by atoms with Gasteiger partial charge in [0.05, 0.1) is 12.1 Å². The monoisotopic (exact) mass is 281 g/mol. The van der Waals surface area contributed by atoms with Crippen LogP contribution in [0.25, 0.3) is 0 Å². The number of methoxy groups -OCH3 is 1. The van der Waals surface area contributed by atoms with Crippen LogP contribution in [0.1, 0.15) is 56.8 Å². The van der Waals surface area contributed by atoms with Gasteiger partial charge in [-0.1, -0.05) is 18.5 Å². The van der Waals surface area contributed by atoms with Gasteiger partial charge in [0.1, 0.15) is 5.60 Å². The first-order valence-electron chi connectivity index (χ1n) is 7.43. The Balaban J connectivity index is 1.81. The summed E-state index contributed by atoms with van der Waals surface area (Å²) in [5, 5.41) is 16.9. The van der Waals surface area contributed by atoms with Crippen LogP contribution in [0, 0.1) is 5.92 Å². The number of aromatic nitrogens is 2. The lowest BCUT2D eigenvalue weighted by molar-refractivity contribution is -0.0658. The maximum atomic E-state index is 9.57. The minimum atomic E-state index is -0.406. The van der Waals surface area contributed by atoms with Crippen molar-refractivity contribution < 1.29 is 14.4 Å². The van der Waals surface area contributed by atoms with Crippen LogP contribution in [-0.4, -0.2) is 35.0 Å². The second-order valence-electron chi connectivity index (χ2n) is 6.21. The molecule has 0 spiro atoms. The predicted octanol–water partition coefficient (Wildman–Crippen LogP) is 1.52. The fourth-order valence-electron chi connectivity index (χ4n) is 3.45. The number of hydrogen-bond acceptors (Lipinski definition) is 6. The lowest BCUT2D eigenvalue weighted by atomic mass is 9.78. The fraction of sp³-hybridized carbons (Fsp3) is 0.857. The molecule has 0 amide bonds. The fourth-order valence-corrected chi connectivity index (χ4v) is 3.45. The van der Waals surface area contributed by atoms with Gasteiger partial charge in [0.2, 0.25) is 11.7 Å². The summed E-state index contributed by atoms with van der Waals surface area (Å²) < 4.78 is 11.2. The van der Waals surface area contributed by atoms with Crippen molar-refractivity contribution in [2.75, 3.05) is 13.7 Å². The zero-order chi connectivity index (χ0) is 14.2. The highest BCUT2D eigenvalue weighted by molar-refractivity contribution is 5.06. The van der Waals surface area contributed by atoms with Crippen LogP contribution in [-0.2, 0) is 10.3 Å². The van der Waals surface area contributed by atoms with E-state index >= 15 is 0 Å². The molecule has 20 heavy (non-hydrogen) atoms. The van der Waals surface area contributed by atoms with E-state index in [1.165, 1.54) is 6.42 Å². The van der Waals surface area contributed by atoms with E-state index in [9.17, 15) is 5.11 Å². The molecule has 1 aliphatic carbocycles. The molecule has 6 nitrogen and oxygen atoms in total. The van der Waals surface area contributed by atoms with E-state index in [-0.39, 0.29) is 12.1 Å². The largest absolute Gasteiger partial charge is 0.392 e. The zero-order valence-electron chi connectivity index (χ0n) is 12.1. The smallest absolute Gasteiger partial charge is 0.243 e. The van der Waals surface area contributed by atoms with E-state index in [1.54, 1.807) is 7.11 Å². The Labute approximate surface area is 118 Å². The number of aliphatic hydroxyl groups is 1. The highest BCUT2D eigenvalue weighted by Gasteiger charge is 2.41. The molecule has 6 heteroatoms. The van der Waals surface area contributed by atoms with E-state index in [1.807, 2.05) is 0 Å². The number of β-amino-alcohol motifs (C(OH)–C–C–N with tert-alkyl or cyclic N) is 1. The number of ether oxygens (including phenoxy) is 1. The van der Waals surface area contributed by atoms with Gasteiger partial charge in [0.15, 0.2) is 0 Å². The summed E-state index contributed by atoms with van der Waals surface area (Å²) in [5.41, 5.74) is -0.406. The summed E-state index contributed by atoms with van der Waals surface area (Å²) in [7, 11) is 1.73. The predicted molar refractivity (Wildman–Crippen MR) is 72.0 cm³/mol. The van der Waals surface area contributed by atoms with Crippen molar-refractivity contribution in [3.63, 3.8) is 0 Å². The Hall–Kier alpha value is -0.980. The maximum Gasteiger partial charge on any atom is 0.243 e. The number of rotatable bonds is 3. The molecule has 4 atom stereocenters. The van der Waals surface area contributed by atoms with Crippen molar-refractivity contribution in [3.05, 3.63) is 11.7 Å². The van der Waals surface area contributed by atoms with Crippen LogP contribution in [0.15, 0.2) is 4.52 Å². The van der Waals surface area contributed by atoms with Crippen LogP contribution in [0.3, 0.4) is 0 Å². The van der Waals surface area contributed by atoms with E-state index in [0.29, 0.717) is 30.6 Å². The van der Waals surface area contributed by atoms with Crippen molar-refractivity contribution in [1.29, 1.82) is 0 Å². The highest BCUT2D eigenvalue weighted by atomic mass is 16.5. The van der Waals surface area contributed by atoms with Crippen molar-refractivity contribution in [3.8, 4) is 0 Å². The van der Waals surface area contributed by atoms with E-state index in [2.05, 4.69) is 22.4 Å². The van der Waals surface area contributed by atoms with Gasteiger partial charge in [-0.2, -0.15) is 4.98 Å².